The molecule has 0 radical (unpaired) electrons. The number of carbonyl (C=O) groups is 1. The first kappa shape index (κ1) is 13.8. The molecule has 0 aliphatic rings. The van der Waals surface area contributed by atoms with Crippen molar-refractivity contribution in [1.29, 1.82) is 5.26 Å². The lowest BCUT2D eigenvalue weighted by atomic mass is 10.1. The number of nitrogens with zero attached hydrogens (tertiary/aromatic N) is 1. The van der Waals surface area contributed by atoms with Gasteiger partial charge in [0.1, 0.15) is 5.60 Å². The number of ether oxygens (including phenoxy) is 1. The van der Waals surface area contributed by atoms with Crippen molar-refractivity contribution < 1.29 is 14.4 Å². The molecule has 1 N–H and O–H groups in total. The van der Waals surface area contributed by atoms with Gasteiger partial charge in [-0.1, -0.05) is 18.2 Å². The van der Waals surface area contributed by atoms with Gasteiger partial charge in [-0.3, -0.25) is 0 Å². The Morgan fingerprint density at radius 1 is 1.39 bits per heavy atom. The number of rotatable bonds is 3. The fraction of sp³-hybridized carbons (Fsp3) is 0.385. The van der Waals surface area contributed by atoms with Crippen molar-refractivity contribution in [3.63, 3.8) is 0 Å². The van der Waals surface area contributed by atoms with Crippen LogP contribution in [0.25, 0.3) is 0 Å². The van der Waals surface area contributed by atoms with E-state index in [-0.39, 0.29) is 6.42 Å². The number of hydrogen-bond acceptors (Lipinski definition) is 5. The molecule has 1 aromatic carbocycles. The van der Waals surface area contributed by atoms with E-state index in [2.05, 4.69) is 5.48 Å². The van der Waals surface area contributed by atoms with E-state index < -0.39 is 11.8 Å². The maximum Gasteiger partial charge on any atom is 0.533 e. The molecule has 18 heavy (non-hydrogen) atoms. The molecule has 96 valence electrons. The molecule has 0 bridgehead atoms. The highest BCUT2D eigenvalue weighted by atomic mass is 16.8. The minimum atomic E-state index is -0.811. The maximum atomic E-state index is 11.3. The zero-order chi connectivity index (χ0) is 13.6. The number of para-hydroxylation sites is 1. The molecule has 5 heteroatoms. The highest BCUT2D eigenvalue weighted by molar-refractivity contribution is 5.63. The van der Waals surface area contributed by atoms with E-state index in [0.29, 0.717) is 5.69 Å². The molecule has 5 nitrogen and oxygen atoms in total. The van der Waals surface area contributed by atoms with Gasteiger partial charge in [-0.2, -0.15) is 5.26 Å². The van der Waals surface area contributed by atoms with Gasteiger partial charge in [-0.15, -0.1) is 0 Å². The van der Waals surface area contributed by atoms with Crippen LogP contribution in [0.2, 0.25) is 0 Å². The SMILES string of the molecule is CC(C)(C)OC(=O)ONc1ccccc1CC#N. The summed E-state index contributed by atoms with van der Waals surface area (Å²) in [5, 5.41) is 8.66. The molecule has 0 aromatic heterocycles. The van der Waals surface area contributed by atoms with Crippen LogP contribution in [0.1, 0.15) is 26.3 Å². The molecule has 0 heterocycles. The van der Waals surface area contributed by atoms with Crippen LogP contribution in [0.15, 0.2) is 24.3 Å². The van der Waals surface area contributed by atoms with E-state index in [4.69, 9.17) is 14.8 Å². The second kappa shape index (κ2) is 5.92. The number of hydrogen-bond donors (Lipinski definition) is 1. The standard InChI is InChI=1S/C13H16N2O3/c1-13(2,3)17-12(16)18-15-11-7-5-4-6-10(11)8-9-14/h4-7,15H,8H2,1-3H3. The predicted octanol–water partition coefficient (Wildman–Crippen LogP) is 3.03. The molecule has 0 unspecified atom stereocenters. The van der Waals surface area contributed by atoms with Crippen LogP contribution in [0, 0.1) is 11.3 Å². The lowest BCUT2D eigenvalue weighted by molar-refractivity contribution is 0.00297. The maximum absolute atomic E-state index is 11.3. The summed E-state index contributed by atoms with van der Waals surface area (Å²) in [4.78, 5) is 16.1. The first-order valence-corrected chi connectivity index (χ1v) is 5.53. The second-order valence-electron chi connectivity index (χ2n) is 4.66. The van der Waals surface area contributed by atoms with Crippen LogP contribution in [0.3, 0.4) is 0 Å². The monoisotopic (exact) mass is 248 g/mol. The fourth-order valence-electron chi connectivity index (χ4n) is 1.23. The van der Waals surface area contributed by atoms with E-state index in [1.54, 1.807) is 39.0 Å². The largest absolute Gasteiger partial charge is 0.533 e. The molecular weight excluding hydrogens is 232 g/mol. The molecule has 1 aromatic rings. The van der Waals surface area contributed by atoms with Crippen molar-refractivity contribution in [3.05, 3.63) is 29.8 Å². The van der Waals surface area contributed by atoms with E-state index in [1.807, 2.05) is 12.1 Å². The van der Waals surface area contributed by atoms with Gasteiger partial charge >= 0.3 is 6.16 Å². The summed E-state index contributed by atoms with van der Waals surface area (Å²) in [6.45, 7) is 5.24. The average molecular weight is 248 g/mol. The quantitative estimate of drug-likeness (QED) is 0.657. The molecule has 1 rings (SSSR count). The van der Waals surface area contributed by atoms with Gasteiger partial charge in [-0.05, 0) is 32.4 Å². The van der Waals surface area contributed by atoms with Crippen LogP contribution in [-0.4, -0.2) is 11.8 Å². The van der Waals surface area contributed by atoms with Crippen LogP contribution in [0.5, 0.6) is 0 Å². The normalized spacial score (nSPS) is 10.3. The number of benzene rings is 1. The Morgan fingerprint density at radius 3 is 2.67 bits per heavy atom. The summed E-state index contributed by atoms with van der Waals surface area (Å²) >= 11 is 0. The Bertz CT molecular complexity index is 458. The van der Waals surface area contributed by atoms with Crippen molar-refractivity contribution >= 4 is 11.8 Å². The summed E-state index contributed by atoms with van der Waals surface area (Å²) in [5.41, 5.74) is 3.22. The topological polar surface area (TPSA) is 71.3 Å². The summed E-state index contributed by atoms with van der Waals surface area (Å²) in [6.07, 6.45) is -0.574. The van der Waals surface area contributed by atoms with E-state index >= 15 is 0 Å². The van der Waals surface area contributed by atoms with Gasteiger partial charge in [0, 0.05) is 0 Å². The molecule has 0 saturated heterocycles. The molecule has 0 atom stereocenters. The van der Waals surface area contributed by atoms with Crippen molar-refractivity contribution in [2.24, 2.45) is 0 Å². The average Bonchev–Trinajstić information content (AvgIpc) is 2.26. The highest BCUT2D eigenvalue weighted by Gasteiger charge is 2.17. The Hall–Kier alpha value is -2.22. The number of anilines is 1. The number of nitrogens with one attached hydrogen (secondary N) is 1. The smallest absolute Gasteiger partial charge is 0.427 e. The van der Waals surface area contributed by atoms with Crippen LogP contribution < -0.4 is 5.48 Å². The predicted molar refractivity (Wildman–Crippen MR) is 66.7 cm³/mol. The Labute approximate surface area is 106 Å². The lowest BCUT2D eigenvalue weighted by Gasteiger charge is -2.19. The van der Waals surface area contributed by atoms with Gasteiger partial charge in [0.25, 0.3) is 0 Å². The molecule has 0 amide bonds. The number of carbonyl (C=O) groups excluding carboxylic acids is 1. The van der Waals surface area contributed by atoms with Crippen LogP contribution >= 0.6 is 0 Å². The summed E-state index contributed by atoms with van der Waals surface area (Å²) in [7, 11) is 0. The first-order chi connectivity index (χ1) is 8.42. The van der Waals surface area contributed by atoms with Gasteiger partial charge in [0.05, 0.1) is 18.2 Å². The summed E-state index contributed by atoms with van der Waals surface area (Å²) in [6, 6.07) is 9.13. The zero-order valence-electron chi connectivity index (χ0n) is 10.7. The van der Waals surface area contributed by atoms with Crippen molar-refractivity contribution in [3.8, 4) is 6.07 Å². The molecule has 0 fully saturated rings. The van der Waals surface area contributed by atoms with Crippen molar-refractivity contribution in [1.82, 2.24) is 0 Å². The minimum Gasteiger partial charge on any atom is -0.427 e. The Kier molecular flexibility index (Phi) is 4.55. The summed E-state index contributed by atoms with van der Waals surface area (Å²) in [5.74, 6) is 0. The molecular formula is C13H16N2O3. The molecule has 0 aliphatic carbocycles. The fourth-order valence-corrected chi connectivity index (χ4v) is 1.23. The zero-order valence-corrected chi connectivity index (χ0v) is 10.7. The van der Waals surface area contributed by atoms with Crippen LogP contribution in [-0.2, 0) is 16.0 Å². The highest BCUT2D eigenvalue weighted by Crippen LogP contribution is 2.16. The summed E-state index contributed by atoms with van der Waals surface area (Å²) < 4.78 is 4.97. The molecule has 0 aliphatic heterocycles. The van der Waals surface area contributed by atoms with Gasteiger partial charge in [-0.25, -0.2) is 10.3 Å². The minimum absolute atomic E-state index is 0.237. The van der Waals surface area contributed by atoms with Gasteiger partial charge in [0.15, 0.2) is 0 Å². The Balaban J connectivity index is 2.59. The lowest BCUT2D eigenvalue weighted by Crippen LogP contribution is -2.25. The van der Waals surface area contributed by atoms with Gasteiger partial charge < -0.3 is 9.57 Å². The van der Waals surface area contributed by atoms with Crippen molar-refractivity contribution in [2.45, 2.75) is 32.8 Å². The third kappa shape index (κ3) is 4.74. The molecule has 0 spiro atoms. The third-order valence-corrected chi connectivity index (χ3v) is 1.92. The van der Waals surface area contributed by atoms with E-state index in [0.717, 1.165) is 5.56 Å². The van der Waals surface area contributed by atoms with E-state index in [1.165, 1.54) is 0 Å². The number of nitriles is 1. The van der Waals surface area contributed by atoms with E-state index in [9.17, 15) is 4.79 Å². The Morgan fingerprint density at radius 2 is 2.06 bits per heavy atom. The second-order valence-corrected chi connectivity index (χ2v) is 4.66. The van der Waals surface area contributed by atoms with Gasteiger partial charge in [0.2, 0.25) is 0 Å². The first-order valence-electron chi connectivity index (χ1n) is 5.53. The van der Waals surface area contributed by atoms with Crippen LogP contribution in [0.4, 0.5) is 10.5 Å². The van der Waals surface area contributed by atoms with Crippen molar-refractivity contribution in [2.75, 3.05) is 5.48 Å². The molecule has 0 saturated carbocycles. The third-order valence-electron chi connectivity index (χ3n) is 1.92.